The molecule has 0 aliphatic rings. The first-order valence-electron chi connectivity index (χ1n) is 9.61. The van der Waals surface area contributed by atoms with Gasteiger partial charge in [0, 0.05) is 11.3 Å². The van der Waals surface area contributed by atoms with Gasteiger partial charge in [-0.05, 0) is 54.4 Å². The van der Waals surface area contributed by atoms with Crippen molar-refractivity contribution in [3.05, 3.63) is 84.4 Å². The molecule has 0 spiro atoms. The summed E-state index contributed by atoms with van der Waals surface area (Å²) in [6.45, 7) is 1.13. The first kappa shape index (κ1) is 21.6. The van der Waals surface area contributed by atoms with Crippen molar-refractivity contribution in [3.8, 4) is 16.9 Å². The average molecular weight is 418 g/mol. The molecule has 0 unspecified atom stereocenters. The number of esters is 1. The number of carbonyl (C=O) groups is 3. The highest BCUT2D eigenvalue weighted by Crippen LogP contribution is 2.22. The van der Waals surface area contributed by atoms with Crippen molar-refractivity contribution in [2.24, 2.45) is 5.73 Å². The van der Waals surface area contributed by atoms with E-state index < -0.39 is 23.9 Å². The molecule has 3 rings (SSSR count). The molecule has 1 atom stereocenters. The van der Waals surface area contributed by atoms with Gasteiger partial charge in [-0.25, -0.2) is 4.79 Å². The van der Waals surface area contributed by atoms with E-state index in [2.05, 4.69) is 5.32 Å². The zero-order valence-corrected chi connectivity index (χ0v) is 16.9. The number of primary amides is 1. The molecular formula is C24H22N2O5. The largest absolute Gasteiger partial charge is 0.482 e. The molecule has 0 saturated carbocycles. The quantitative estimate of drug-likeness (QED) is 0.545. The van der Waals surface area contributed by atoms with E-state index in [1.807, 2.05) is 42.5 Å². The van der Waals surface area contributed by atoms with Crippen LogP contribution in [0.1, 0.15) is 17.3 Å². The molecular weight excluding hydrogens is 396 g/mol. The van der Waals surface area contributed by atoms with Gasteiger partial charge in [-0.2, -0.15) is 0 Å². The molecule has 31 heavy (non-hydrogen) atoms. The van der Waals surface area contributed by atoms with Crippen LogP contribution < -0.4 is 15.8 Å². The van der Waals surface area contributed by atoms with Gasteiger partial charge in [-0.15, -0.1) is 0 Å². The van der Waals surface area contributed by atoms with Crippen molar-refractivity contribution >= 4 is 23.5 Å². The van der Waals surface area contributed by atoms with Crippen molar-refractivity contribution in [1.82, 2.24) is 0 Å². The molecule has 7 heteroatoms. The van der Waals surface area contributed by atoms with Gasteiger partial charge in [0.1, 0.15) is 5.75 Å². The molecule has 0 aliphatic heterocycles. The topological polar surface area (TPSA) is 108 Å². The summed E-state index contributed by atoms with van der Waals surface area (Å²) in [6.07, 6.45) is -1.02. The van der Waals surface area contributed by atoms with E-state index in [1.54, 1.807) is 12.1 Å². The van der Waals surface area contributed by atoms with Gasteiger partial charge in [0.15, 0.2) is 12.7 Å². The molecule has 0 aliphatic carbocycles. The highest BCUT2D eigenvalue weighted by atomic mass is 16.6. The third-order valence-corrected chi connectivity index (χ3v) is 4.43. The molecule has 0 heterocycles. The minimum atomic E-state index is -1.02. The van der Waals surface area contributed by atoms with E-state index >= 15 is 0 Å². The molecule has 0 radical (unpaired) electrons. The summed E-state index contributed by atoms with van der Waals surface area (Å²) in [6, 6.07) is 23.3. The number of ether oxygens (including phenoxy) is 2. The molecule has 0 saturated heterocycles. The normalized spacial score (nSPS) is 11.3. The van der Waals surface area contributed by atoms with Crippen molar-refractivity contribution in [2.45, 2.75) is 13.0 Å². The van der Waals surface area contributed by atoms with Crippen molar-refractivity contribution in [3.63, 3.8) is 0 Å². The Morgan fingerprint density at radius 3 is 2.10 bits per heavy atom. The third kappa shape index (κ3) is 6.17. The molecule has 2 amide bonds. The maximum Gasteiger partial charge on any atom is 0.344 e. The van der Waals surface area contributed by atoms with E-state index in [1.165, 1.54) is 31.2 Å². The van der Waals surface area contributed by atoms with Crippen LogP contribution in [0.4, 0.5) is 5.69 Å². The summed E-state index contributed by atoms with van der Waals surface area (Å²) in [7, 11) is 0. The lowest BCUT2D eigenvalue weighted by molar-refractivity contribution is -0.155. The zero-order valence-electron chi connectivity index (χ0n) is 16.9. The fraction of sp³-hybridized carbons (Fsp3) is 0.125. The van der Waals surface area contributed by atoms with Crippen LogP contribution in [-0.2, 0) is 14.3 Å². The summed E-state index contributed by atoms with van der Waals surface area (Å²) in [5, 5.41) is 2.60. The van der Waals surface area contributed by atoms with E-state index in [0.717, 1.165) is 11.1 Å². The molecule has 7 nitrogen and oxygen atoms in total. The number of nitrogens with two attached hydrogens (primary N) is 1. The van der Waals surface area contributed by atoms with Gasteiger partial charge in [0.2, 0.25) is 5.91 Å². The Bertz CT molecular complexity index is 1050. The number of hydrogen-bond donors (Lipinski definition) is 2. The van der Waals surface area contributed by atoms with Gasteiger partial charge >= 0.3 is 5.97 Å². The number of amides is 2. The molecule has 0 fully saturated rings. The lowest BCUT2D eigenvalue weighted by Gasteiger charge is -2.14. The maximum absolute atomic E-state index is 12.2. The van der Waals surface area contributed by atoms with Crippen LogP contribution >= 0.6 is 0 Å². The maximum atomic E-state index is 12.2. The second-order valence-corrected chi connectivity index (χ2v) is 6.74. The Morgan fingerprint density at radius 2 is 1.48 bits per heavy atom. The fourth-order valence-corrected chi connectivity index (χ4v) is 2.76. The van der Waals surface area contributed by atoms with Crippen LogP contribution in [0.15, 0.2) is 78.9 Å². The monoisotopic (exact) mass is 418 g/mol. The number of anilines is 1. The number of benzene rings is 3. The second kappa shape index (κ2) is 10.1. The molecule has 3 aromatic rings. The predicted molar refractivity (Wildman–Crippen MR) is 117 cm³/mol. The highest BCUT2D eigenvalue weighted by Gasteiger charge is 2.18. The van der Waals surface area contributed by atoms with Crippen LogP contribution in [0, 0.1) is 0 Å². The molecule has 3 aromatic carbocycles. The van der Waals surface area contributed by atoms with Gasteiger partial charge in [0.05, 0.1) is 0 Å². The van der Waals surface area contributed by atoms with Crippen molar-refractivity contribution < 1.29 is 23.9 Å². The smallest absolute Gasteiger partial charge is 0.344 e. The summed E-state index contributed by atoms with van der Waals surface area (Å²) < 4.78 is 10.6. The van der Waals surface area contributed by atoms with Crippen LogP contribution in [0.3, 0.4) is 0 Å². The Kier molecular flexibility index (Phi) is 7.01. The van der Waals surface area contributed by atoms with Crippen LogP contribution in [0.2, 0.25) is 0 Å². The summed E-state index contributed by atoms with van der Waals surface area (Å²) >= 11 is 0. The van der Waals surface area contributed by atoms with Gasteiger partial charge in [-0.1, -0.05) is 42.5 Å². The average Bonchev–Trinajstić information content (AvgIpc) is 2.79. The van der Waals surface area contributed by atoms with E-state index in [4.69, 9.17) is 15.2 Å². The standard InChI is InChI=1S/C24H22N2O5/c1-16(24(29)26-20-11-7-19(8-12-20)23(25)28)31-22(27)15-30-21-13-9-18(10-14-21)17-5-3-2-4-6-17/h2-14,16H,15H2,1H3,(H2,25,28)(H,26,29)/t16-/m1/s1. The van der Waals surface area contributed by atoms with Crippen molar-refractivity contribution in [2.75, 3.05) is 11.9 Å². The first-order chi connectivity index (χ1) is 14.9. The summed E-state index contributed by atoms with van der Waals surface area (Å²) in [5.41, 5.74) is 8.07. The molecule has 0 bridgehead atoms. The lowest BCUT2D eigenvalue weighted by Crippen LogP contribution is -2.31. The number of rotatable bonds is 8. The minimum absolute atomic E-state index is 0.324. The Balaban J connectivity index is 1.46. The van der Waals surface area contributed by atoms with E-state index in [-0.39, 0.29) is 6.61 Å². The Morgan fingerprint density at radius 1 is 0.871 bits per heavy atom. The number of hydrogen-bond acceptors (Lipinski definition) is 5. The van der Waals surface area contributed by atoms with Gasteiger partial charge in [-0.3, -0.25) is 9.59 Å². The summed E-state index contributed by atoms with van der Waals surface area (Å²) in [4.78, 5) is 35.3. The van der Waals surface area contributed by atoms with Crippen LogP contribution in [-0.4, -0.2) is 30.5 Å². The third-order valence-electron chi connectivity index (χ3n) is 4.43. The first-order valence-corrected chi connectivity index (χ1v) is 9.61. The second-order valence-electron chi connectivity index (χ2n) is 6.74. The Hall–Kier alpha value is -4.13. The fourth-order valence-electron chi connectivity index (χ4n) is 2.76. The van der Waals surface area contributed by atoms with E-state index in [9.17, 15) is 14.4 Å². The zero-order chi connectivity index (χ0) is 22.2. The minimum Gasteiger partial charge on any atom is -0.482 e. The van der Waals surface area contributed by atoms with Crippen LogP contribution in [0.5, 0.6) is 5.75 Å². The predicted octanol–water partition coefficient (Wildman–Crippen LogP) is 3.40. The van der Waals surface area contributed by atoms with E-state index in [0.29, 0.717) is 17.0 Å². The van der Waals surface area contributed by atoms with Crippen molar-refractivity contribution in [1.29, 1.82) is 0 Å². The number of carbonyl (C=O) groups excluding carboxylic acids is 3. The van der Waals surface area contributed by atoms with Gasteiger partial charge in [0.25, 0.3) is 5.91 Å². The van der Waals surface area contributed by atoms with Crippen LogP contribution in [0.25, 0.3) is 11.1 Å². The highest BCUT2D eigenvalue weighted by molar-refractivity contribution is 5.96. The molecule has 158 valence electrons. The lowest BCUT2D eigenvalue weighted by atomic mass is 10.1. The SMILES string of the molecule is C[C@@H](OC(=O)COc1ccc(-c2ccccc2)cc1)C(=O)Nc1ccc(C(N)=O)cc1. The van der Waals surface area contributed by atoms with Gasteiger partial charge < -0.3 is 20.5 Å². The Labute approximate surface area is 179 Å². The molecule has 3 N–H and O–H groups in total. The number of nitrogens with one attached hydrogen (secondary N) is 1. The summed E-state index contributed by atoms with van der Waals surface area (Å²) in [5.74, 6) is -1.22. The molecule has 0 aromatic heterocycles.